The van der Waals surface area contributed by atoms with Crippen LogP contribution >= 0.6 is 0 Å². The zero-order valence-corrected chi connectivity index (χ0v) is 17.6. The third-order valence-corrected chi connectivity index (χ3v) is 5.09. The molecule has 0 radical (unpaired) electrons. The van der Waals surface area contributed by atoms with E-state index in [9.17, 15) is 14.4 Å². The van der Waals surface area contributed by atoms with Gasteiger partial charge >= 0.3 is 0 Å². The van der Waals surface area contributed by atoms with Crippen LogP contribution < -0.4 is 20.5 Å². The van der Waals surface area contributed by atoms with E-state index in [1.807, 2.05) is 4.90 Å². The lowest BCUT2D eigenvalue weighted by atomic mass is 10.1. The van der Waals surface area contributed by atoms with Crippen LogP contribution in [-0.2, 0) is 4.79 Å². The fourth-order valence-electron chi connectivity index (χ4n) is 3.41. The van der Waals surface area contributed by atoms with Crippen molar-refractivity contribution < 1.29 is 23.9 Å². The molecule has 0 unspecified atom stereocenters. The second-order valence-corrected chi connectivity index (χ2v) is 7.13. The van der Waals surface area contributed by atoms with Crippen LogP contribution in [0, 0.1) is 0 Å². The summed E-state index contributed by atoms with van der Waals surface area (Å²) in [6.07, 6.45) is 0. The third-order valence-electron chi connectivity index (χ3n) is 5.09. The number of nitrogens with zero attached hydrogens (tertiary/aromatic N) is 2. The predicted octanol–water partition coefficient (Wildman–Crippen LogP) is 1.20. The van der Waals surface area contributed by atoms with Crippen LogP contribution in [0.4, 0.5) is 5.69 Å². The van der Waals surface area contributed by atoms with Crippen LogP contribution in [0.25, 0.3) is 0 Å². The average Bonchev–Trinajstić information content (AvgIpc) is 2.78. The SMILES string of the molecule is COc1ccc(C(=O)N2CCN(CC(=O)Nc3cccc(C(N)=O)c3)CC2)cc1OC. The molecule has 0 aromatic heterocycles. The maximum Gasteiger partial charge on any atom is 0.254 e. The number of piperazine rings is 1. The van der Waals surface area contributed by atoms with Crippen LogP contribution in [-0.4, -0.2) is 74.5 Å². The maximum absolute atomic E-state index is 12.8. The van der Waals surface area contributed by atoms with Crippen molar-refractivity contribution in [1.29, 1.82) is 0 Å². The van der Waals surface area contributed by atoms with Gasteiger partial charge in [0.15, 0.2) is 11.5 Å². The van der Waals surface area contributed by atoms with Crippen molar-refractivity contribution in [2.45, 2.75) is 0 Å². The van der Waals surface area contributed by atoms with Crippen molar-refractivity contribution in [2.24, 2.45) is 5.73 Å². The number of amides is 3. The highest BCUT2D eigenvalue weighted by Gasteiger charge is 2.24. The molecule has 1 saturated heterocycles. The molecule has 9 heteroatoms. The molecule has 164 valence electrons. The summed E-state index contributed by atoms with van der Waals surface area (Å²) < 4.78 is 10.5. The van der Waals surface area contributed by atoms with Gasteiger partial charge < -0.3 is 25.4 Å². The summed E-state index contributed by atoms with van der Waals surface area (Å²) in [4.78, 5) is 40.2. The number of nitrogens with one attached hydrogen (secondary N) is 1. The van der Waals surface area contributed by atoms with E-state index in [1.165, 1.54) is 7.11 Å². The Morgan fingerprint density at radius 3 is 2.29 bits per heavy atom. The summed E-state index contributed by atoms with van der Waals surface area (Å²) in [5.41, 5.74) is 6.64. The van der Waals surface area contributed by atoms with Crippen molar-refractivity contribution in [3.63, 3.8) is 0 Å². The lowest BCUT2D eigenvalue weighted by molar-refractivity contribution is -0.117. The van der Waals surface area contributed by atoms with Gasteiger partial charge in [0, 0.05) is 43.0 Å². The molecule has 1 heterocycles. The lowest BCUT2D eigenvalue weighted by Crippen LogP contribution is -2.50. The smallest absolute Gasteiger partial charge is 0.254 e. The molecule has 9 nitrogen and oxygen atoms in total. The number of carbonyl (C=O) groups is 3. The van der Waals surface area contributed by atoms with Gasteiger partial charge in [0.05, 0.1) is 20.8 Å². The molecule has 0 aliphatic carbocycles. The van der Waals surface area contributed by atoms with E-state index < -0.39 is 5.91 Å². The Bertz CT molecular complexity index is 970. The van der Waals surface area contributed by atoms with E-state index in [0.29, 0.717) is 54.5 Å². The van der Waals surface area contributed by atoms with E-state index in [2.05, 4.69) is 5.32 Å². The van der Waals surface area contributed by atoms with Crippen LogP contribution in [0.1, 0.15) is 20.7 Å². The minimum absolute atomic E-state index is 0.0895. The van der Waals surface area contributed by atoms with Crippen molar-refractivity contribution in [3.8, 4) is 11.5 Å². The first-order chi connectivity index (χ1) is 14.9. The highest BCUT2D eigenvalue weighted by atomic mass is 16.5. The van der Waals surface area contributed by atoms with Crippen LogP contribution in [0.5, 0.6) is 11.5 Å². The number of rotatable bonds is 7. The highest BCUT2D eigenvalue weighted by molar-refractivity contribution is 5.97. The second-order valence-electron chi connectivity index (χ2n) is 7.13. The molecule has 0 bridgehead atoms. The number of benzene rings is 2. The van der Waals surface area contributed by atoms with Gasteiger partial charge in [0.1, 0.15) is 0 Å². The number of hydrogen-bond donors (Lipinski definition) is 2. The number of primary amides is 1. The minimum Gasteiger partial charge on any atom is -0.493 e. The topological polar surface area (TPSA) is 114 Å². The van der Waals surface area contributed by atoms with Gasteiger partial charge in [-0.2, -0.15) is 0 Å². The summed E-state index contributed by atoms with van der Waals surface area (Å²) in [6, 6.07) is 11.6. The molecule has 1 fully saturated rings. The largest absolute Gasteiger partial charge is 0.493 e. The van der Waals surface area contributed by atoms with Gasteiger partial charge in [0.25, 0.3) is 5.91 Å². The Balaban J connectivity index is 1.52. The fraction of sp³-hybridized carbons (Fsp3) is 0.318. The van der Waals surface area contributed by atoms with E-state index in [0.717, 1.165) is 0 Å². The highest BCUT2D eigenvalue weighted by Crippen LogP contribution is 2.28. The number of anilines is 1. The molecular weight excluding hydrogens is 400 g/mol. The molecule has 2 aromatic carbocycles. The van der Waals surface area contributed by atoms with Crippen molar-refractivity contribution in [3.05, 3.63) is 53.6 Å². The Kier molecular flexibility index (Phi) is 7.09. The van der Waals surface area contributed by atoms with E-state index in [4.69, 9.17) is 15.2 Å². The quantitative estimate of drug-likeness (QED) is 0.688. The van der Waals surface area contributed by atoms with Gasteiger partial charge in [-0.1, -0.05) is 6.07 Å². The molecule has 3 amide bonds. The molecule has 0 saturated carbocycles. The lowest BCUT2D eigenvalue weighted by Gasteiger charge is -2.34. The first kappa shape index (κ1) is 22.1. The molecule has 0 atom stereocenters. The molecule has 0 spiro atoms. The van der Waals surface area contributed by atoms with Gasteiger partial charge in [-0.15, -0.1) is 0 Å². The van der Waals surface area contributed by atoms with Crippen LogP contribution in [0.3, 0.4) is 0 Å². The average molecular weight is 426 g/mol. The number of carbonyl (C=O) groups excluding carboxylic acids is 3. The van der Waals surface area contributed by atoms with Gasteiger partial charge in [-0.25, -0.2) is 0 Å². The maximum atomic E-state index is 12.8. The number of hydrogen-bond acceptors (Lipinski definition) is 6. The van der Waals surface area contributed by atoms with Crippen molar-refractivity contribution in [1.82, 2.24) is 9.80 Å². The van der Waals surface area contributed by atoms with Crippen LogP contribution in [0.2, 0.25) is 0 Å². The zero-order chi connectivity index (χ0) is 22.4. The third kappa shape index (κ3) is 5.52. The second kappa shape index (κ2) is 9.94. The molecule has 3 rings (SSSR count). The fourth-order valence-corrected chi connectivity index (χ4v) is 3.41. The number of ether oxygens (including phenoxy) is 2. The van der Waals surface area contributed by atoms with Gasteiger partial charge in [-0.05, 0) is 36.4 Å². The predicted molar refractivity (Wildman–Crippen MR) is 115 cm³/mol. The Labute approximate surface area is 180 Å². The summed E-state index contributed by atoms with van der Waals surface area (Å²) in [5, 5.41) is 2.77. The minimum atomic E-state index is -0.550. The van der Waals surface area contributed by atoms with E-state index in [-0.39, 0.29) is 18.4 Å². The van der Waals surface area contributed by atoms with E-state index in [1.54, 1.807) is 54.5 Å². The monoisotopic (exact) mass is 426 g/mol. The first-order valence-electron chi connectivity index (χ1n) is 9.84. The molecule has 31 heavy (non-hydrogen) atoms. The van der Waals surface area contributed by atoms with E-state index >= 15 is 0 Å². The summed E-state index contributed by atoms with van der Waals surface area (Å²) >= 11 is 0. The normalized spacial score (nSPS) is 14.1. The first-order valence-corrected chi connectivity index (χ1v) is 9.84. The number of nitrogens with two attached hydrogens (primary N) is 1. The summed E-state index contributed by atoms with van der Waals surface area (Å²) in [7, 11) is 3.07. The summed E-state index contributed by atoms with van der Waals surface area (Å²) in [6.45, 7) is 2.37. The zero-order valence-electron chi connectivity index (χ0n) is 17.6. The molecule has 2 aromatic rings. The Hall–Kier alpha value is -3.59. The molecule has 1 aliphatic heterocycles. The Morgan fingerprint density at radius 2 is 1.65 bits per heavy atom. The molecular formula is C22H26N4O5. The summed E-state index contributed by atoms with van der Waals surface area (Å²) in [5.74, 6) is 0.237. The van der Waals surface area contributed by atoms with Gasteiger partial charge in [0.2, 0.25) is 11.8 Å². The van der Waals surface area contributed by atoms with Crippen molar-refractivity contribution >= 4 is 23.4 Å². The Morgan fingerprint density at radius 1 is 0.935 bits per heavy atom. The van der Waals surface area contributed by atoms with Crippen molar-refractivity contribution in [2.75, 3.05) is 52.3 Å². The van der Waals surface area contributed by atoms with Crippen LogP contribution in [0.15, 0.2) is 42.5 Å². The molecule has 1 aliphatic rings. The van der Waals surface area contributed by atoms with Gasteiger partial charge in [-0.3, -0.25) is 19.3 Å². The number of methoxy groups -OCH3 is 2. The molecule has 3 N–H and O–H groups in total. The standard InChI is InChI=1S/C22H26N4O5/c1-30-18-7-6-16(13-19(18)31-2)22(29)26-10-8-25(9-11-26)14-20(27)24-17-5-3-4-15(12-17)21(23)28/h3-7,12-13H,8-11,14H2,1-2H3,(H2,23,28)(H,24,27).